The molecule has 3 rings (SSSR count). The summed E-state index contributed by atoms with van der Waals surface area (Å²) in [5.74, 6) is -0.606. The van der Waals surface area contributed by atoms with Gasteiger partial charge in [0, 0.05) is 31.9 Å². The van der Waals surface area contributed by atoms with Crippen LogP contribution in [0.15, 0.2) is 18.2 Å². The first-order chi connectivity index (χ1) is 13.6. The maximum Gasteiger partial charge on any atom is 0.418 e. The summed E-state index contributed by atoms with van der Waals surface area (Å²) in [7, 11) is 1.98. The Morgan fingerprint density at radius 3 is 2.41 bits per heavy atom. The molecule has 1 aromatic carbocycles. The van der Waals surface area contributed by atoms with E-state index in [2.05, 4.69) is 15.3 Å². The van der Waals surface area contributed by atoms with Gasteiger partial charge < -0.3 is 15.1 Å². The molecule has 0 saturated carbocycles. The lowest BCUT2D eigenvalue weighted by atomic mass is 10.1. The molecule has 0 spiro atoms. The van der Waals surface area contributed by atoms with E-state index in [1.54, 1.807) is 19.9 Å². The first-order valence-electron chi connectivity index (χ1n) is 9.20. The normalized spacial score (nSPS) is 15.6. The lowest BCUT2D eigenvalue weighted by Gasteiger charge is -2.34. The average molecular weight is 430 g/mol. The third kappa shape index (κ3) is 4.84. The summed E-state index contributed by atoms with van der Waals surface area (Å²) in [6.07, 6.45) is -4.59. The number of aryl methyl sites for hydroxylation is 1. The Kier molecular flexibility index (Phi) is 6.09. The Bertz CT molecular complexity index is 904. The number of piperazine rings is 1. The average Bonchev–Trinajstić information content (AvgIpc) is 2.88. The summed E-state index contributed by atoms with van der Waals surface area (Å²) in [6.45, 7) is 6.04. The van der Waals surface area contributed by atoms with Crippen LogP contribution in [0.1, 0.15) is 17.0 Å². The molecule has 29 heavy (non-hydrogen) atoms. The minimum atomic E-state index is -4.59. The van der Waals surface area contributed by atoms with Crippen molar-refractivity contribution in [3.63, 3.8) is 0 Å². The number of likely N-dealkylation sites (N-methyl/N-ethyl adjacent to an activating group) is 1. The lowest BCUT2D eigenvalue weighted by molar-refractivity contribution is -0.136. The zero-order chi connectivity index (χ0) is 21.3. The molecule has 1 aliphatic rings. The maximum absolute atomic E-state index is 13.6. The molecule has 10 heteroatoms. The summed E-state index contributed by atoms with van der Waals surface area (Å²) in [6, 6.07) is 4.01. The molecule has 158 valence electrons. The fourth-order valence-electron chi connectivity index (χ4n) is 3.29. The largest absolute Gasteiger partial charge is 0.418 e. The number of halogens is 4. The number of hydrogen-bond donors (Lipinski definition) is 1. The number of rotatable bonds is 4. The van der Waals surface area contributed by atoms with Gasteiger partial charge in [0.1, 0.15) is 6.54 Å². The number of nitrogens with one attached hydrogen (secondary N) is 1. The molecule has 2 aromatic rings. The number of amides is 1. The van der Waals surface area contributed by atoms with Crippen LogP contribution in [0, 0.1) is 13.8 Å². The third-order valence-corrected chi connectivity index (χ3v) is 5.58. The van der Waals surface area contributed by atoms with Crippen LogP contribution in [0.3, 0.4) is 0 Å². The van der Waals surface area contributed by atoms with Crippen LogP contribution in [0.25, 0.3) is 0 Å². The quantitative estimate of drug-likeness (QED) is 0.807. The van der Waals surface area contributed by atoms with Gasteiger partial charge in [0.05, 0.1) is 27.7 Å². The second-order valence-electron chi connectivity index (χ2n) is 7.21. The molecule has 1 N–H and O–H groups in total. The minimum Gasteiger partial charge on any atom is -0.369 e. The monoisotopic (exact) mass is 429 g/mol. The summed E-state index contributed by atoms with van der Waals surface area (Å²) in [5, 5.41) is 6.94. The second kappa shape index (κ2) is 8.23. The van der Waals surface area contributed by atoms with E-state index >= 15 is 0 Å². The first-order valence-corrected chi connectivity index (χ1v) is 9.58. The summed E-state index contributed by atoms with van der Waals surface area (Å²) < 4.78 is 42.3. The van der Waals surface area contributed by atoms with Crippen molar-refractivity contribution < 1.29 is 18.0 Å². The first kappa shape index (κ1) is 21.4. The third-order valence-electron chi connectivity index (χ3n) is 5.04. The van der Waals surface area contributed by atoms with Crippen LogP contribution in [-0.2, 0) is 17.5 Å². The highest BCUT2D eigenvalue weighted by atomic mass is 35.5. The molecule has 2 heterocycles. The van der Waals surface area contributed by atoms with Gasteiger partial charge in [0.25, 0.3) is 0 Å². The number of benzene rings is 1. The Hall–Kier alpha value is -2.26. The standard InChI is InChI=1S/C19H23ClF3N5O/c1-12-18(20)13(2)28(25-12)11-17(29)24-16-5-4-14(10-15(16)19(21,22)23)27-8-6-26(3)7-9-27/h4-5,10H,6-9,11H2,1-3H3,(H,24,29). The zero-order valence-corrected chi connectivity index (χ0v) is 17.2. The fourth-order valence-corrected chi connectivity index (χ4v) is 3.43. The molecule has 6 nitrogen and oxygen atoms in total. The molecular formula is C19H23ClF3N5O. The number of aromatic nitrogens is 2. The minimum absolute atomic E-state index is 0.225. The Morgan fingerprint density at radius 2 is 1.86 bits per heavy atom. The number of anilines is 2. The van der Waals surface area contributed by atoms with E-state index in [9.17, 15) is 18.0 Å². The van der Waals surface area contributed by atoms with Gasteiger partial charge in [0.2, 0.25) is 5.91 Å². The number of carbonyl (C=O) groups excluding carboxylic acids is 1. The summed E-state index contributed by atoms with van der Waals surface area (Å²) in [4.78, 5) is 16.4. The Balaban J connectivity index is 1.80. The van der Waals surface area contributed by atoms with Gasteiger partial charge >= 0.3 is 6.18 Å². The van der Waals surface area contributed by atoms with Crippen LogP contribution in [0.2, 0.25) is 5.02 Å². The molecule has 1 fully saturated rings. The fraction of sp³-hybridized carbons (Fsp3) is 0.474. The summed E-state index contributed by atoms with van der Waals surface area (Å²) >= 11 is 6.06. The topological polar surface area (TPSA) is 53.4 Å². The Labute approximate surface area is 172 Å². The van der Waals surface area contributed by atoms with Gasteiger partial charge in [-0.2, -0.15) is 18.3 Å². The van der Waals surface area contributed by atoms with Gasteiger partial charge in [-0.05, 0) is 39.1 Å². The van der Waals surface area contributed by atoms with E-state index in [-0.39, 0.29) is 12.2 Å². The van der Waals surface area contributed by atoms with E-state index in [0.29, 0.717) is 35.2 Å². The molecule has 1 aliphatic heterocycles. The van der Waals surface area contributed by atoms with E-state index in [1.165, 1.54) is 10.7 Å². The smallest absolute Gasteiger partial charge is 0.369 e. The van der Waals surface area contributed by atoms with Crippen LogP contribution < -0.4 is 10.2 Å². The highest BCUT2D eigenvalue weighted by molar-refractivity contribution is 6.31. The van der Waals surface area contributed by atoms with Crippen molar-refractivity contribution in [1.29, 1.82) is 0 Å². The zero-order valence-electron chi connectivity index (χ0n) is 16.5. The molecule has 0 unspecified atom stereocenters. The molecule has 1 saturated heterocycles. The van der Waals surface area contributed by atoms with Crippen molar-refractivity contribution in [1.82, 2.24) is 14.7 Å². The van der Waals surface area contributed by atoms with E-state index < -0.39 is 17.6 Å². The molecular weight excluding hydrogens is 407 g/mol. The number of alkyl halides is 3. The van der Waals surface area contributed by atoms with E-state index in [0.717, 1.165) is 19.2 Å². The van der Waals surface area contributed by atoms with Crippen molar-refractivity contribution in [3.8, 4) is 0 Å². The van der Waals surface area contributed by atoms with Gasteiger partial charge in [-0.1, -0.05) is 11.6 Å². The predicted molar refractivity (Wildman–Crippen MR) is 106 cm³/mol. The van der Waals surface area contributed by atoms with Crippen molar-refractivity contribution >= 4 is 28.9 Å². The van der Waals surface area contributed by atoms with Crippen molar-refractivity contribution in [2.24, 2.45) is 0 Å². The van der Waals surface area contributed by atoms with E-state index in [1.807, 2.05) is 11.9 Å². The maximum atomic E-state index is 13.6. The van der Waals surface area contributed by atoms with Crippen LogP contribution in [0.5, 0.6) is 0 Å². The molecule has 1 aromatic heterocycles. The summed E-state index contributed by atoms with van der Waals surface area (Å²) in [5.41, 5.74) is 0.501. The van der Waals surface area contributed by atoms with Gasteiger partial charge in [0.15, 0.2) is 0 Å². The van der Waals surface area contributed by atoms with Gasteiger partial charge in [-0.3, -0.25) is 9.48 Å². The molecule has 1 amide bonds. The number of hydrogen-bond acceptors (Lipinski definition) is 4. The van der Waals surface area contributed by atoms with Gasteiger partial charge in [-0.15, -0.1) is 0 Å². The van der Waals surface area contributed by atoms with Crippen LogP contribution >= 0.6 is 11.6 Å². The predicted octanol–water partition coefficient (Wildman–Crippen LogP) is 3.56. The molecule has 0 atom stereocenters. The number of nitrogens with zero attached hydrogens (tertiary/aromatic N) is 4. The van der Waals surface area contributed by atoms with Crippen molar-refractivity contribution in [2.75, 3.05) is 43.4 Å². The highest BCUT2D eigenvalue weighted by Crippen LogP contribution is 2.37. The van der Waals surface area contributed by atoms with E-state index in [4.69, 9.17) is 11.6 Å². The lowest BCUT2D eigenvalue weighted by Crippen LogP contribution is -2.44. The van der Waals surface area contributed by atoms with Gasteiger partial charge in [-0.25, -0.2) is 0 Å². The molecule has 0 radical (unpaired) electrons. The second-order valence-corrected chi connectivity index (χ2v) is 7.59. The van der Waals surface area contributed by atoms with Crippen molar-refractivity contribution in [3.05, 3.63) is 40.2 Å². The van der Waals surface area contributed by atoms with Crippen molar-refractivity contribution in [2.45, 2.75) is 26.6 Å². The number of carbonyl (C=O) groups is 1. The van der Waals surface area contributed by atoms with Crippen LogP contribution in [0.4, 0.5) is 24.5 Å². The Morgan fingerprint density at radius 1 is 1.21 bits per heavy atom. The SMILES string of the molecule is Cc1nn(CC(=O)Nc2ccc(N3CCN(C)CC3)cc2C(F)(F)F)c(C)c1Cl. The molecule has 0 bridgehead atoms. The van der Waals surface area contributed by atoms with Crippen LogP contribution in [-0.4, -0.2) is 53.8 Å². The molecule has 0 aliphatic carbocycles. The highest BCUT2D eigenvalue weighted by Gasteiger charge is 2.35.